The van der Waals surface area contributed by atoms with Crippen LogP contribution in [0.4, 0.5) is 5.69 Å². The van der Waals surface area contributed by atoms with Gasteiger partial charge in [-0.25, -0.2) is 8.42 Å². The van der Waals surface area contributed by atoms with Crippen molar-refractivity contribution in [3.8, 4) is 11.5 Å². The first-order valence-corrected chi connectivity index (χ1v) is 10.5. The molecule has 0 bridgehead atoms. The van der Waals surface area contributed by atoms with Gasteiger partial charge >= 0.3 is 0 Å². The van der Waals surface area contributed by atoms with Gasteiger partial charge in [0.15, 0.2) is 11.5 Å². The van der Waals surface area contributed by atoms with Crippen LogP contribution < -0.4 is 13.8 Å². The van der Waals surface area contributed by atoms with Gasteiger partial charge in [-0.2, -0.15) is 0 Å². The Morgan fingerprint density at radius 1 is 1.15 bits per heavy atom. The van der Waals surface area contributed by atoms with Gasteiger partial charge in [-0.05, 0) is 19.1 Å². The first kappa shape index (κ1) is 19.3. The smallest absolute Gasteiger partial charge is 0.246 e. The third-order valence-corrected chi connectivity index (χ3v) is 5.86. The van der Waals surface area contributed by atoms with Crippen molar-refractivity contribution in [1.29, 1.82) is 0 Å². The minimum absolute atomic E-state index is 0.305. The van der Waals surface area contributed by atoms with Gasteiger partial charge < -0.3 is 19.3 Å². The molecule has 27 heavy (non-hydrogen) atoms. The molecule has 1 saturated heterocycles. The number of carbonyl (C=O) groups is 2. The average molecular weight is 397 g/mol. The lowest BCUT2D eigenvalue weighted by molar-refractivity contribution is -0.135. The predicted octanol–water partition coefficient (Wildman–Crippen LogP) is -0.0871. The third-order valence-electron chi connectivity index (χ3n) is 4.62. The summed E-state index contributed by atoms with van der Waals surface area (Å²) >= 11 is 0. The van der Waals surface area contributed by atoms with Gasteiger partial charge in [-0.3, -0.25) is 13.9 Å². The first-order chi connectivity index (χ1) is 12.8. The van der Waals surface area contributed by atoms with Crippen molar-refractivity contribution in [3.05, 3.63) is 18.2 Å². The molecule has 1 fully saturated rings. The highest BCUT2D eigenvalue weighted by molar-refractivity contribution is 7.92. The fraction of sp³-hybridized carbons (Fsp3) is 0.529. The van der Waals surface area contributed by atoms with Crippen LogP contribution in [0.15, 0.2) is 18.2 Å². The summed E-state index contributed by atoms with van der Waals surface area (Å²) in [6.07, 6.45) is 1.82. The Kier molecular flexibility index (Phi) is 5.45. The maximum absolute atomic E-state index is 12.9. The lowest BCUT2D eigenvalue weighted by atomic mass is 10.2. The Bertz CT molecular complexity index is 820. The molecule has 1 atom stereocenters. The number of fused-ring (bicyclic) bond motifs is 1. The van der Waals surface area contributed by atoms with E-state index in [2.05, 4.69) is 0 Å². The van der Waals surface area contributed by atoms with Gasteiger partial charge in [0.05, 0.1) is 11.9 Å². The molecule has 148 valence electrons. The average Bonchev–Trinajstić information content (AvgIpc) is 2.66. The molecule has 1 aromatic rings. The van der Waals surface area contributed by atoms with E-state index in [0.717, 1.165) is 17.0 Å². The van der Waals surface area contributed by atoms with Gasteiger partial charge in [0.1, 0.15) is 19.3 Å². The maximum atomic E-state index is 12.9. The van der Waals surface area contributed by atoms with Crippen LogP contribution in [0.2, 0.25) is 0 Å². The molecule has 0 spiro atoms. The molecule has 1 aromatic carbocycles. The van der Waals surface area contributed by atoms with E-state index in [1.807, 2.05) is 0 Å². The molecule has 0 aliphatic carbocycles. The normalized spacial score (nSPS) is 18.0. The van der Waals surface area contributed by atoms with Crippen molar-refractivity contribution in [2.24, 2.45) is 0 Å². The van der Waals surface area contributed by atoms with Gasteiger partial charge in [0.25, 0.3) is 0 Å². The number of benzene rings is 1. The molecule has 2 heterocycles. The number of ether oxygens (including phenoxy) is 2. The van der Waals surface area contributed by atoms with Crippen molar-refractivity contribution in [1.82, 2.24) is 9.80 Å². The Morgan fingerprint density at radius 3 is 2.37 bits per heavy atom. The second-order valence-electron chi connectivity index (χ2n) is 6.53. The Balaban J connectivity index is 1.85. The van der Waals surface area contributed by atoms with E-state index in [-0.39, 0.29) is 5.91 Å². The molecular weight excluding hydrogens is 374 g/mol. The summed E-state index contributed by atoms with van der Waals surface area (Å²) < 4.78 is 37.0. The van der Waals surface area contributed by atoms with Crippen LogP contribution in [0.5, 0.6) is 11.5 Å². The minimum Gasteiger partial charge on any atom is -0.486 e. The van der Waals surface area contributed by atoms with Crippen LogP contribution in [0.1, 0.15) is 6.92 Å². The number of amides is 2. The predicted molar refractivity (Wildman–Crippen MR) is 98.4 cm³/mol. The summed E-state index contributed by atoms with van der Waals surface area (Å²) in [6.45, 7) is 4.00. The number of piperazine rings is 1. The largest absolute Gasteiger partial charge is 0.486 e. The lowest BCUT2D eigenvalue weighted by Crippen LogP contribution is -2.55. The van der Waals surface area contributed by atoms with Crippen molar-refractivity contribution in [2.45, 2.75) is 13.0 Å². The summed E-state index contributed by atoms with van der Waals surface area (Å²) in [7, 11) is -3.72. The molecule has 0 unspecified atom stereocenters. The molecule has 2 aliphatic heterocycles. The number of rotatable bonds is 5. The van der Waals surface area contributed by atoms with Crippen LogP contribution in [-0.4, -0.2) is 82.2 Å². The SMILES string of the molecule is C[C@@H](C(=O)N1CCN(C=O)CC1)N(c1ccc2c(c1)OCCO2)S(C)(=O)=O. The number of sulfonamides is 1. The van der Waals surface area contributed by atoms with Crippen molar-refractivity contribution in [2.75, 3.05) is 50.0 Å². The van der Waals surface area contributed by atoms with E-state index in [9.17, 15) is 18.0 Å². The summed E-state index contributed by atoms with van der Waals surface area (Å²) in [5.41, 5.74) is 0.342. The summed E-state index contributed by atoms with van der Waals surface area (Å²) in [5.74, 6) is 0.690. The van der Waals surface area contributed by atoms with E-state index >= 15 is 0 Å². The van der Waals surface area contributed by atoms with Gasteiger partial charge in [-0.15, -0.1) is 0 Å². The zero-order valence-electron chi connectivity index (χ0n) is 15.3. The third kappa shape index (κ3) is 4.10. The number of anilines is 1. The van der Waals surface area contributed by atoms with Crippen LogP contribution in [0.3, 0.4) is 0 Å². The minimum atomic E-state index is -3.72. The Labute approximate surface area is 158 Å². The van der Waals surface area contributed by atoms with Gasteiger partial charge in [0, 0.05) is 32.2 Å². The monoisotopic (exact) mass is 397 g/mol. The zero-order chi connectivity index (χ0) is 19.6. The number of nitrogens with zero attached hydrogens (tertiary/aromatic N) is 3. The fourth-order valence-corrected chi connectivity index (χ4v) is 4.44. The molecule has 9 nitrogen and oxygen atoms in total. The molecule has 0 aromatic heterocycles. The highest BCUT2D eigenvalue weighted by Crippen LogP contribution is 2.35. The molecule has 2 amide bonds. The standard InChI is InChI=1S/C17H23N3O6S/c1-13(17(22)19-7-5-18(12-21)6-8-19)20(27(2,23)24)14-3-4-15-16(11-14)26-10-9-25-15/h3-4,11-13H,5-10H2,1-2H3/t13-/m0/s1. The summed E-state index contributed by atoms with van der Waals surface area (Å²) in [5, 5.41) is 0. The quantitative estimate of drug-likeness (QED) is 0.645. The van der Waals surface area contributed by atoms with Crippen LogP contribution >= 0.6 is 0 Å². The second kappa shape index (κ2) is 7.63. The molecular formula is C17H23N3O6S. The van der Waals surface area contributed by atoms with Crippen LogP contribution in [-0.2, 0) is 19.6 Å². The van der Waals surface area contributed by atoms with E-state index in [4.69, 9.17) is 9.47 Å². The molecule has 0 N–H and O–H groups in total. The molecule has 10 heteroatoms. The van der Waals surface area contributed by atoms with E-state index in [1.165, 1.54) is 0 Å². The summed E-state index contributed by atoms with van der Waals surface area (Å²) in [6, 6.07) is 3.89. The zero-order valence-corrected chi connectivity index (χ0v) is 16.1. The molecule has 0 radical (unpaired) electrons. The Morgan fingerprint density at radius 2 is 1.78 bits per heavy atom. The van der Waals surface area contributed by atoms with Gasteiger partial charge in [-0.1, -0.05) is 0 Å². The van der Waals surface area contributed by atoms with E-state index < -0.39 is 16.1 Å². The number of carbonyl (C=O) groups excluding carboxylic acids is 2. The van der Waals surface area contributed by atoms with E-state index in [0.29, 0.717) is 56.6 Å². The van der Waals surface area contributed by atoms with Gasteiger partial charge in [0.2, 0.25) is 22.3 Å². The van der Waals surface area contributed by atoms with Crippen molar-refractivity contribution >= 4 is 28.0 Å². The lowest BCUT2D eigenvalue weighted by Gasteiger charge is -2.37. The van der Waals surface area contributed by atoms with Crippen molar-refractivity contribution in [3.63, 3.8) is 0 Å². The summed E-state index contributed by atoms with van der Waals surface area (Å²) in [4.78, 5) is 26.9. The van der Waals surface area contributed by atoms with Crippen LogP contribution in [0, 0.1) is 0 Å². The molecule has 2 aliphatic rings. The van der Waals surface area contributed by atoms with Crippen molar-refractivity contribution < 1.29 is 27.5 Å². The van der Waals surface area contributed by atoms with Crippen LogP contribution in [0.25, 0.3) is 0 Å². The highest BCUT2D eigenvalue weighted by atomic mass is 32.2. The Hall–Kier alpha value is -2.49. The van der Waals surface area contributed by atoms with E-state index in [1.54, 1.807) is 34.9 Å². The maximum Gasteiger partial charge on any atom is 0.246 e. The fourth-order valence-electron chi connectivity index (χ4n) is 3.28. The number of hydrogen-bond acceptors (Lipinski definition) is 6. The molecule has 3 rings (SSSR count). The first-order valence-electron chi connectivity index (χ1n) is 8.68. The second-order valence-corrected chi connectivity index (χ2v) is 8.39. The topological polar surface area (TPSA) is 96.5 Å². The highest BCUT2D eigenvalue weighted by Gasteiger charge is 2.33. The molecule has 0 saturated carbocycles. The number of hydrogen-bond donors (Lipinski definition) is 0.